The van der Waals surface area contributed by atoms with Crippen molar-refractivity contribution < 1.29 is 8.42 Å². The fourth-order valence-electron chi connectivity index (χ4n) is 2.11. The van der Waals surface area contributed by atoms with Gasteiger partial charge in [-0.05, 0) is 43.5 Å². The second kappa shape index (κ2) is 7.57. The minimum Gasteiger partial charge on any atom is -0.302 e. The van der Waals surface area contributed by atoms with Crippen LogP contribution in [0.25, 0.3) is 0 Å². The van der Waals surface area contributed by atoms with Crippen LogP contribution in [0.2, 0.25) is 0 Å². The van der Waals surface area contributed by atoms with Crippen molar-refractivity contribution in [3.8, 4) is 0 Å². The molecule has 0 aliphatic heterocycles. The van der Waals surface area contributed by atoms with Crippen LogP contribution < -0.4 is 4.72 Å². The average molecular weight is 327 g/mol. The Morgan fingerprint density at radius 2 is 1.73 bits per heavy atom. The number of hydrogen-bond donors (Lipinski definition) is 1. The molecule has 4 nitrogen and oxygen atoms in total. The van der Waals surface area contributed by atoms with E-state index in [4.69, 9.17) is 0 Å². The van der Waals surface area contributed by atoms with Crippen molar-refractivity contribution in [3.05, 3.63) is 29.8 Å². The smallest absolute Gasteiger partial charge is 0.240 e. The predicted octanol–water partition coefficient (Wildman–Crippen LogP) is 2.99. The summed E-state index contributed by atoms with van der Waals surface area (Å²) in [5, 5.41) is 0. The number of nitrogens with one attached hydrogen (secondary N) is 1. The number of hydrogen-bond acceptors (Lipinski definition) is 3. The third-order valence-corrected chi connectivity index (χ3v) is 5.61. The standard InChI is InChI=1S/C17H30N2O2S/c1-7-14(2)19(6)13-12-18-22(20,21)16-10-8-15(9-11-16)17(3,4)5/h8-11,14,18H,7,12-13H2,1-6H3. The molecule has 1 aromatic rings. The van der Waals surface area contributed by atoms with E-state index in [0.717, 1.165) is 12.0 Å². The molecule has 0 aliphatic rings. The Balaban J connectivity index is 2.67. The van der Waals surface area contributed by atoms with Crippen molar-refractivity contribution in [3.63, 3.8) is 0 Å². The highest BCUT2D eigenvalue weighted by Gasteiger charge is 2.17. The predicted molar refractivity (Wildman–Crippen MR) is 92.7 cm³/mol. The molecule has 0 radical (unpaired) electrons. The SMILES string of the molecule is CCC(C)N(C)CCNS(=O)(=O)c1ccc(C(C)(C)C)cc1. The van der Waals surface area contributed by atoms with E-state index in [1.807, 2.05) is 19.2 Å². The molecule has 1 rings (SSSR count). The quantitative estimate of drug-likeness (QED) is 0.838. The van der Waals surface area contributed by atoms with Crippen molar-refractivity contribution in [2.75, 3.05) is 20.1 Å². The molecule has 0 saturated carbocycles. The zero-order chi connectivity index (χ0) is 17.0. The Labute approximate surface area is 136 Å². The van der Waals surface area contributed by atoms with Gasteiger partial charge in [-0.3, -0.25) is 0 Å². The van der Waals surface area contributed by atoms with Crippen LogP contribution in [0.3, 0.4) is 0 Å². The van der Waals surface area contributed by atoms with Crippen LogP contribution in [0.5, 0.6) is 0 Å². The molecule has 126 valence electrons. The maximum absolute atomic E-state index is 12.3. The van der Waals surface area contributed by atoms with E-state index in [9.17, 15) is 8.42 Å². The average Bonchev–Trinajstić information content (AvgIpc) is 2.45. The monoisotopic (exact) mass is 326 g/mol. The van der Waals surface area contributed by atoms with Gasteiger partial charge in [-0.2, -0.15) is 0 Å². The van der Waals surface area contributed by atoms with Gasteiger partial charge in [-0.1, -0.05) is 39.8 Å². The highest BCUT2D eigenvalue weighted by atomic mass is 32.2. The second-order valence-corrected chi connectivity index (χ2v) is 8.68. The molecule has 0 aliphatic carbocycles. The van der Waals surface area contributed by atoms with E-state index in [0.29, 0.717) is 24.0 Å². The van der Waals surface area contributed by atoms with Crippen molar-refractivity contribution in [2.45, 2.75) is 57.4 Å². The summed E-state index contributed by atoms with van der Waals surface area (Å²) in [5.41, 5.74) is 1.15. The Kier molecular flexibility index (Phi) is 6.59. The van der Waals surface area contributed by atoms with Gasteiger partial charge in [-0.25, -0.2) is 13.1 Å². The third-order valence-electron chi connectivity index (χ3n) is 4.13. The summed E-state index contributed by atoms with van der Waals surface area (Å²) in [6.07, 6.45) is 1.05. The molecular weight excluding hydrogens is 296 g/mol. The molecule has 0 spiro atoms. The van der Waals surface area contributed by atoms with E-state index in [1.165, 1.54) is 0 Å². The van der Waals surface area contributed by atoms with Crippen LogP contribution in [0, 0.1) is 0 Å². The third kappa shape index (κ3) is 5.38. The Morgan fingerprint density at radius 1 is 1.18 bits per heavy atom. The van der Waals surface area contributed by atoms with Gasteiger partial charge in [0.2, 0.25) is 10.0 Å². The number of likely N-dealkylation sites (N-methyl/N-ethyl adjacent to an activating group) is 1. The number of rotatable bonds is 7. The summed E-state index contributed by atoms with van der Waals surface area (Å²) < 4.78 is 27.2. The highest BCUT2D eigenvalue weighted by Crippen LogP contribution is 2.23. The highest BCUT2D eigenvalue weighted by molar-refractivity contribution is 7.89. The summed E-state index contributed by atoms with van der Waals surface area (Å²) in [4.78, 5) is 2.48. The van der Waals surface area contributed by atoms with Crippen LogP contribution in [0.1, 0.15) is 46.6 Å². The van der Waals surface area contributed by atoms with Crippen molar-refractivity contribution in [1.29, 1.82) is 0 Å². The molecule has 0 amide bonds. The van der Waals surface area contributed by atoms with E-state index >= 15 is 0 Å². The Hall–Kier alpha value is -0.910. The fourth-order valence-corrected chi connectivity index (χ4v) is 3.13. The molecular formula is C17H30N2O2S. The first-order chi connectivity index (χ1) is 10.1. The summed E-state index contributed by atoms with van der Waals surface area (Å²) in [5.74, 6) is 0. The second-order valence-electron chi connectivity index (χ2n) is 6.91. The van der Waals surface area contributed by atoms with Gasteiger partial charge in [-0.15, -0.1) is 0 Å². The van der Waals surface area contributed by atoms with Gasteiger partial charge in [0.1, 0.15) is 0 Å². The van der Waals surface area contributed by atoms with Crippen molar-refractivity contribution in [1.82, 2.24) is 9.62 Å². The molecule has 0 saturated heterocycles. The van der Waals surface area contributed by atoms with E-state index in [-0.39, 0.29) is 5.41 Å². The first-order valence-corrected chi connectivity index (χ1v) is 9.36. The van der Waals surface area contributed by atoms with Gasteiger partial charge < -0.3 is 4.90 Å². The minimum atomic E-state index is -3.43. The van der Waals surface area contributed by atoms with Gasteiger partial charge in [0.05, 0.1) is 4.90 Å². The molecule has 0 bridgehead atoms. The number of sulfonamides is 1. The largest absolute Gasteiger partial charge is 0.302 e. The summed E-state index contributed by atoms with van der Waals surface area (Å²) >= 11 is 0. The molecule has 1 N–H and O–H groups in total. The molecule has 1 aromatic carbocycles. The zero-order valence-electron chi connectivity index (χ0n) is 14.7. The van der Waals surface area contributed by atoms with Crippen LogP contribution in [0.15, 0.2) is 29.2 Å². The van der Waals surface area contributed by atoms with Crippen molar-refractivity contribution in [2.24, 2.45) is 0 Å². The summed E-state index contributed by atoms with van der Waals surface area (Å²) in [7, 11) is -1.41. The molecule has 1 atom stereocenters. The van der Waals surface area contributed by atoms with Gasteiger partial charge in [0.25, 0.3) is 0 Å². The van der Waals surface area contributed by atoms with E-state index in [2.05, 4.69) is 44.2 Å². The lowest BCUT2D eigenvalue weighted by molar-refractivity contribution is 0.256. The van der Waals surface area contributed by atoms with Crippen LogP contribution >= 0.6 is 0 Å². The topological polar surface area (TPSA) is 49.4 Å². The van der Waals surface area contributed by atoms with Crippen molar-refractivity contribution >= 4 is 10.0 Å². The lowest BCUT2D eigenvalue weighted by atomic mass is 9.87. The minimum absolute atomic E-state index is 0.0225. The molecule has 1 unspecified atom stereocenters. The molecule has 5 heteroatoms. The molecule has 0 heterocycles. The molecule has 0 aromatic heterocycles. The zero-order valence-corrected chi connectivity index (χ0v) is 15.5. The maximum Gasteiger partial charge on any atom is 0.240 e. The molecule has 0 fully saturated rings. The van der Waals surface area contributed by atoms with E-state index in [1.54, 1.807) is 12.1 Å². The lowest BCUT2D eigenvalue weighted by Gasteiger charge is -2.23. The van der Waals surface area contributed by atoms with Gasteiger partial charge in [0.15, 0.2) is 0 Å². The summed E-state index contributed by atoms with van der Waals surface area (Å²) in [6, 6.07) is 7.60. The normalized spacial score (nSPS) is 14.3. The van der Waals surface area contributed by atoms with E-state index < -0.39 is 10.0 Å². The first-order valence-electron chi connectivity index (χ1n) is 7.88. The fraction of sp³-hybridized carbons (Fsp3) is 0.647. The number of benzene rings is 1. The lowest BCUT2D eigenvalue weighted by Crippen LogP contribution is -2.37. The van der Waals surface area contributed by atoms with Crippen LogP contribution in [-0.4, -0.2) is 39.5 Å². The van der Waals surface area contributed by atoms with Gasteiger partial charge in [0, 0.05) is 19.1 Å². The first kappa shape index (κ1) is 19.1. The Bertz CT molecular complexity index is 559. The summed E-state index contributed by atoms with van der Waals surface area (Å²) in [6.45, 7) is 11.7. The van der Waals surface area contributed by atoms with Crippen LogP contribution in [-0.2, 0) is 15.4 Å². The van der Waals surface area contributed by atoms with Crippen LogP contribution in [0.4, 0.5) is 0 Å². The maximum atomic E-state index is 12.3. The number of nitrogens with zero attached hydrogens (tertiary/aromatic N) is 1. The van der Waals surface area contributed by atoms with Gasteiger partial charge >= 0.3 is 0 Å². The molecule has 22 heavy (non-hydrogen) atoms. The Morgan fingerprint density at radius 3 is 2.18 bits per heavy atom.